The molecule has 0 aromatic heterocycles. The van der Waals surface area contributed by atoms with E-state index < -0.39 is 15.7 Å². The molecule has 16 heavy (non-hydrogen) atoms. The predicted molar refractivity (Wildman–Crippen MR) is 59.2 cm³/mol. The first-order valence-corrected chi connectivity index (χ1v) is 6.28. The Morgan fingerprint density at radius 1 is 1.44 bits per heavy atom. The van der Waals surface area contributed by atoms with E-state index in [-0.39, 0.29) is 22.0 Å². The van der Waals surface area contributed by atoms with E-state index in [1.54, 1.807) is 0 Å². The summed E-state index contributed by atoms with van der Waals surface area (Å²) in [7, 11) is -1.96. The number of carbonyl (C=O) groups excluding carboxylic acids is 1. The minimum Gasteiger partial charge on any atom is -0.496 e. The molecule has 0 atom stereocenters. The monoisotopic (exact) mass is 243 g/mol. The highest BCUT2D eigenvalue weighted by atomic mass is 32.2. The Labute approximate surface area is 94.1 Å². The van der Waals surface area contributed by atoms with Crippen LogP contribution in [-0.2, 0) is 9.84 Å². The lowest BCUT2D eigenvalue weighted by Gasteiger charge is -2.07. The Hall–Kier alpha value is -1.56. The van der Waals surface area contributed by atoms with Crippen molar-refractivity contribution < 1.29 is 17.9 Å². The highest BCUT2D eigenvalue weighted by molar-refractivity contribution is 7.91. The minimum absolute atomic E-state index is 0.0302. The van der Waals surface area contributed by atoms with Gasteiger partial charge in [-0.2, -0.15) is 0 Å². The first-order chi connectivity index (χ1) is 7.42. The van der Waals surface area contributed by atoms with Crippen LogP contribution in [0, 0.1) is 0 Å². The van der Waals surface area contributed by atoms with Gasteiger partial charge in [-0.15, -0.1) is 0 Å². The molecular weight excluding hydrogens is 230 g/mol. The summed E-state index contributed by atoms with van der Waals surface area (Å²) in [6.45, 7) is 1.53. The summed E-state index contributed by atoms with van der Waals surface area (Å²) >= 11 is 0. The number of benzene rings is 1. The minimum atomic E-state index is -3.34. The predicted octanol–water partition coefficient (Wildman–Crippen LogP) is 0.588. The molecule has 1 amide bonds. The first-order valence-electron chi connectivity index (χ1n) is 4.63. The SMILES string of the molecule is CCS(=O)(=O)c1ccc(OC)c(C(N)=O)c1. The van der Waals surface area contributed by atoms with Gasteiger partial charge in [0.15, 0.2) is 9.84 Å². The number of carbonyl (C=O) groups is 1. The van der Waals surface area contributed by atoms with E-state index in [9.17, 15) is 13.2 Å². The smallest absolute Gasteiger partial charge is 0.252 e. The number of hydrogen-bond donors (Lipinski definition) is 1. The zero-order valence-electron chi connectivity index (χ0n) is 9.06. The van der Waals surface area contributed by atoms with Gasteiger partial charge in [0.25, 0.3) is 5.91 Å². The highest BCUT2D eigenvalue weighted by Crippen LogP contribution is 2.22. The average Bonchev–Trinajstić information content (AvgIpc) is 2.28. The molecule has 2 N–H and O–H groups in total. The standard InChI is InChI=1S/C10H13NO4S/c1-3-16(13,14)7-4-5-9(15-2)8(6-7)10(11)12/h4-6H,3H2,1-2H3,(H2,11,12). The fraction of sp³-hybridized carbons (Fsp3) is 0.300. The quantitative estimate of drug-likeness (QED) is 0.838. The Morgan fingerprint density at radius 2 is 2.06 bits per heavy atom. The van der Waals surface area contributed by atoms with Crippen LogP contribution in [0.5, 0.6) is 5.75 Å². The molecule has 0 fully saturated rings. The molecule has 5 nitrogen and oxygen atoms in total. The number of sulfone groups is 1. The van der Waals surface area contributed by atoms with Crippen molar-refractivity contribution in [3.05, 3.63) is 23.8 Å². The zero-order chi connectivity index (χ0) is 12.3. The second-order valence-electron chi connectivity index (χ2n) is 3.13. The van der Waals surface area contributed by atoms with Crippen LogP contribution in [0.2, 0.25) is 0 Å². The van der Waals surface area contributed by atoms with Crippen molar-refractivity contribution in [3.8, 4) is 5.75 Å². The van der Waals surface area contributed by atoms with Crippen molar-refractivity contribution >= 4 is 15.7 Å². The van der Waals surface area contributed by atoms with Gasteiger partial charge in [0, 0.05) is 0 Å². The van der Waals surface area contributed by atoms with E-state index in [0.717, 1.165) is 0 Å². The van der Waals surface area contributed by atoms with Gasteiger partial charge in [0.1, 0.15) is 5.75 Å². The van der Waals surface area contributed by atoms with Crippen LogP contribution in [0.4, 0.5) is 0 Å². The van der Waals surface area contributed by atoms with Crippen molar-refractivity contribution in [2.75, 3.05) is 12.9 Å². The van der Waals surface area contributed by atoms with E-state index in [1.807, 2.05) is 0 Å². The fourth-order valence-electron chi connectivity index (χ4n) is 1.24. The number of rotatable bonds is 4. The summed E-state index contributed by atoms with van der Waals surface area (Å²) in [4.78, 5) is 11.2. The molecule has 1 aromatic rings. The summed E-state index contributed by atoms with van der Waals surface area (Å²) in [5.41, 5.74) is 5.20. The van der Waals surface area contributed by atoms with Crippen LogP contribution in [0.3, 0.4) is 0 Å². The molecule has 0 aliphatic rings. The Morgan fingerprint density at radius 3 is 2.50 bits per heavy atom. The molecule has 0 aliphatic carbocycles. The molecule has 6 heteroatoms. The van der Waals surface area contributed by atoms with E-state index in [1.165, 1.54) is 32.2 Å². The third-order valence-electron chi connectivity index (χ3n) is 2.18. The molecule has 0 saturated heterocycles. The maximum Gasteiger partial charge on any atom is 0.252 e. The van der Waals surface area contributed by atoms with E-state index in [4.69, 9.17) is 10.5 Å². The molecule has 0 spiro atoms. The van der Waals surface area contributed by atoms with E-state index in [0.29, 0.717) is 0 Å². The van der Waals surface area contributed by atoms with Crippen molar-refractivity contribution in [1.82, 2.24) is 0 Å². The van der Waals surface area contributed by atoms with Gasteiger partial charge in [-0.3, -0.25) is 4.79 Å². The van der Waals surface area contributed by atoms with Crippen LogP contribution >= 0.6 is 0 Å². The van der Waals surface area contributed by atoms with Crippen molar-refractivity contribution in [2.24, 2.45) is 5.73 Å². The topological polar surface area (TPSA) is 86.5 Å². The summed E-state index contributed by atoms with van der Waals surface area (Å²) < 4.78 is 28.1. The van der Waals surface area contributed by atoms with Crippen molar-refractivity contribution in [3.63, 3.8) is 0 Å². The van der Waals surface area contributed by atoms with Gasteiger partial charge < -0.3 is 10.5 Å². The van der Waals surface area contributed by atoms with Gasteiger partial charge >= 0.3 is 0 Å². The molecule has 0 unspecified atom stereocenters. The van der Waals surface area contributed by atoms with Gasteiger partial charge in [0.05, 0.1) is 23.3 Å². The summed E-state index contributed by atoms with van der Waals surface area (Å²) in [5.74, 6) is -0.482. The summed E-state index contributed by atoms with van der Waals surface area (Å²) in [6.07, 6.45) is 0. The maximum absolute atomic E-state index is 11.6. The van der Waals surface area contributed by atoms with Crippen LogP contribution in [0.25, 0.3) is 0 Å². The number of primary amides is 1. The van der Waals surface area contributed by atoms with Gasteiger partial charge in [0.2, 0.25) is 0 Å². The number of ether oxygens (including phenoxy) is 1. The average molecular weight is 243 g/mol. The lowest BCUT2D eigenvalue weighted by molar-refractivity contribution is 0.0997. The molecule has 0 saturated carbocycles. The van der Waals surface area contributed by atoms with Crippen LogP contribution in [0.15, 0.2) is 23.1 Å². The fourth-order valence-corrected chi connectivity index (χ4v) is 2.15. The molecule has 1 aromatic carbocycles. The van der Waals surface area contributed by atoms with Crippen molar-refractivity contribution in [1.29, 1.82) is 0 Å². The molecule has 1 rings (SSSR count). The van der Waals surface area contributed by atoms with Gasteiger partial charge in [-0.05, 0) is 18.2 Å². The second kappa shape index (κ2) is 4.52. The normalized spacial score (nSPS) is 11.1. The maximum atomic E-state index is 11.6. The van der Waals surface area contributed by atoms with Crippen LogP contribution in [0.1, 0.15) is 17.3 Å². The summed E-state index contributed by atoms with van der Waals surface area (Å²) in [5, 5.41) is 0. The number of nitrogens with two attached hydrogens (primary N) is 1. The lowest BCUT2D eigenvalue weighted by atomic mass is 10.2. The zero-order valence-corrected chi connectivity index (χ0v) is 9.87. The molecular formula is C10H13NO4S. The second-order valence-corrected chi connectivity index (χ2v) is 5.41. The van der Waals surface area contributed by atoms with Gasteiger partial charge in [-0.1, -0.05) is 6.92 Å². The molecule has 88 valence electrons. The highest BCUT2D eigenvalue weighted by Gasteiger charge is 2.16. The molecule has 0 heterocycles. The Balaban J connectivity index is 3.39. The first kappa shape index (κ1) is 12.5. The van der Waals surface area contributed by atoms with Crippen LogP contribution < -0.4 is 10.5 Å². The largest absolute Gasteiger partial charge is 0.496 e. The number of methoxy groups -OCH3 is 1. The van der Waals surface area contributed by atoms with E-state index in [2.05, 4.69) is 0 Å². The number of hydrogen-bond acceptors (Lipinski definition) is 4. The molecule has 0 radical (unpaired) electrons. The third-order valence-corrected chi connectivity index (χ3v) is 3.91. The Kier molecular flexibility index (Phi) is 3.54. The van der Waals surface area contributed by atoms with Crippen LogP contribution in [-0.4, -0.2) is 27.2 Å². The summed E-state index contributed by atoms with van der Waals surface area (Å²) in [6, 6.07) is 4.05. The molecule has 0 aliphatic heterocycles. The van der Waals surface area contributed by atoms with Crippen molar-refractivity contribution in [2.45, 2.75) is 11.8 Å². The van der Waals surface area contributed by atoms with E-state index >= 15 is 0 Å². The Bertz CT molecular complexity index is 508. The van der Waals surface area contributed by atoms with Gasteiger partial charge in [-0.25, -0.2) is 8.42 Å². The lowest BCUT2D eigenvalue weighted by Crippen LogP contribution is -2.14. The third kappa shape index (κ3) is 2.33. The number of amides is 1. The molecule has 0 bridgehead atoms.